The second kappa shape index (κ2) is 5.50. The molecular formula is C10H10N2O4. The highest BCUT2D eigenvalue weighted by atomic mass is 16.4. The second-order valence-electron chi connectivity index (χ2n) is 2.91. The number of nitrogens with zero attached hydrogens (tertiary/aromatic N) is 1. The van der Waals surface area contributed by atoms with Crippen LogP contribution in [0.15, 0.2) is 35.4 Å². The molecule has 0 saturated carbocycles. The Balaban J connectivity index is 2.72. The van der Waals surface area contributed by atoms with Crippen LogP contribution in [0.3, 0.4) is 0 Å². The van der Waals surface area contributed by atoms with Gasteiger partial charge in [-0.15, -0.1) is 0 Å². The predicted octanol–water partition coefficient (Wildman–Crippen LogP) is 1.01. The first kappa shape index (κ1) is 11.7. The Kier molecular flexibility index (Phi) is 4.02. The lowest BCUT2D eigenvalue weighted by Crippen LogP contribution is -2.18. The van der Waals surface area contributed by atoms with Crippen LogP contribution in [0.2, 0.25) is 0 Å². The molecule has 0 amide bonds. The molecule has 0 bridgehead atoms. The Bertz CT molecular complexity index is 414. The Morgan fingerprint density at radius 2 is 1.81 bits per heavy atom. The van der Waals surface area contributed by atoms with Gasteiger partial charge in [-0.25, -0.2) is 4.79 Å². The Hall–Kier alpha value is -2.37. The highest BCUT2D eigenvalue weighted by Gasteiger charge is 2.13. The molecule has 0 unspecified atom stereocenters. The van der Waals surface area contributed by atoms with Gasteiger partial charge in [-0.1, -0.05) is 18.2 Å². The average Bonchev–Trinajstić information content (AvgIpc) is 2.25. The number of hydrogen-bond acceptors (Lipinski definition) is 4. The van der Waals surface area contributed by atoms with E-state index in [2.05, 4.69) is 10.5 Å². The molecule has 0 fully saturated rings. The highest BCUT2D eigenvalue weighted by molar-refractivity contribution is 6.38. The topological polar surface area (TPSA) is 99.0 Å². The summed E-state index contributed by atoms with van der Waals surface area (Å²) in [5, 5.41) is 20.6. The van der Waals surface area contributed by atoms with Crippen LogP contribution in [-0.2, 0) is 9.59 Å². The second-order valence-corrected chi connectivity index (χ2v) is 2.91. The van der Waals surface area contributed by atoms with E-state index in [1.54, 1.807) is 30.3 Å². The first-order chi connectivity index (χ1) is 7.59. The third kappa shape index (κ3) is 3.79. The first-order valence-corrected chi connectivity index (χ1v) is 4.42. The summed E-state index contributed by atoms with van der Waals surface area (Å²) < 4.78 is 0. The number of carboxylic acids is 2. The number of nitrogens with one attached hydrogen (secondary N) is 1. The standard InChI is InChI=1S/C10H10N2O4/c13-9(14)6-8(10(15)16)12-11-7-4-2-1-3-5-7/h1-5,11H,6H2,(H,13,14)(H,15,16)/b12-8+. The van der Waals surface area contributed by atoms with Crippen LogP contribution in [-0.4, -0.2) is 27.9 Å². The van der Waals surface area contributed by atoms with Crippen molar-refractivity contribution in [1.82, 2.24) is 0 Å². The van der Waals surface area contributed by atoms with Gasteiger partial charge in [-0.2, -0.15) is 5.10 Å². The lowest BCUT2D eigenvalue weighted by molar-refractivity contribution is -0.137. The fourth-order valence-electron chi connectivity index (χ4n) is 0.951. The van der Waals surface area contributed by atoms with Crippen molar-refractivity contribution in [2.24, 2.45) is 5.10 Å². The van der Waals surface area contributed by atoms with E-state index < -0.39 is 24.1 Å². The Morgan fingerprint density at radius 3 is 2.31 bits per heavy atom. The van der Waals surface area contributed by atoms with Crippen LogP contribution in [0.25, 0.3) is 0 Å². The average molecular weight is 222 g/mol. The van der Waals surface area contributed by atoms with Crippen molar-refractivity contribution in [3.63, 3.8) is 0 Å². The SMILES string of the molecule is O=C(O)C/C(=N\Nc1ccccc1)C(=O)O. The molecule has 0 aliphatic heterocycles. The molecule has 0 saturated heterocycles. The van der Waals surface area contributed by atoms with Gasteiger partial charge < -0.3 is 10.2 Å². The third-order valence-electron chi connectivity index (χ3n) is 1.66. The molecule has 0 heterocycles. The summed E-state index contributed by atoms with van der Waals surface area (Å²) in [7, 11) is 0. The summed E-state index contributed by atoms with van der Waals surface area (Å²) in [6.07, 6.45) is -0.630. The molecule has 16 heavy (non-hydrogen) atoms. The number of carbonyl (C=O) groups is 2. The van der Waals surface area contributed by atoms with Gasteiger partial charge in [0.25, 0.3) is 0 Å². The van der Waals surface area contributed by atoms with Gasteiger partial charge in [0, 0.05) is 0 Å². The summed E-state index contributed by atoms with van der Waals surface area (Å²) in [5.74, 6) is -2.60. The van der Waals surface area contributed by atoms with Crippen molar-refractivity contribution in [2.45, 2.75) is 6.42 Å². The quantitative estimate of drug-likeness (QED) is 0.510. The van der Waals surface area contributed by atoms with E-state index in [1.807, 2.05) is 0 Å². The molecule has 1 rings (SSSR count). The molecule has 0 aromatic heterocycles. The number of rotatable bonds is 5. The molecule has 84 valence electrons. The van der Waals surface area contributed by atoms with Crippen molar-refractivity contribution in [3.8, 4) is 0 Å². The summed E-state index contributed by atoms with van der Waals surface area (Å²) in [6, 6.07) is 8.66. The molecule has 6 nitrogen and oxygen atoms in total. The van der Waals surface area contributed by atoms with Crippen molar-refractivity contribution < 1.29 is 19.8 Å². The highest BCUT2D eigenvalue weighted by Crippen LogP contribution is 2.04. The first-order valence-electron chi connectivity index (χ1n) is 4.42. The number of carboxylic acid groups (broad SMARTS) is 2. The van der Waals surface area contributed by atoms with Gasteiger partial charge in [-0.05, 0) is 12.1 Å². The van der Waals surface area contributed by atoms with Crippen molar-refractivity contribution in [3.05, 3.63) is 30.3 Å². The van der Waals surface area contributed by atoms with Gasteiger partial charge in [0.1, 0.15) is 0 Å². The minimum absolute atomic E-state index is 0.448. The fourth-order valence-corrected chi connectivity index (χ4v) is 0.951. The third-order valence-corrected chi connectivity index (χ3v) is 1.66. The van der Waals surface area contributed by atoms with Crippen LogP contribution in [0.4, 0.5) is 5.69 Å². The zero-order valence-corrected chi connectivity index (χ0v) is 8.25. The van der Waals surface area contributed by atoms with E-state index >= 15 is 0 Å². The van der Waals surface area contributed by atoms with Crippen molar-refractivity contribution in [1.29, 1.82) is 0 Å². The molecule has 0 atom stereocenters. The van der Waals surface area contributed by atoms with Gasteiger partial charge in [0.2, 0.25) is 0 Å². The number of anilines is 1. The van der Waals surface area contributed by atoms with Gasteiger partial charge in [0.05, 0.1) is 12.1 Å². The summed E-state index contributed by atoms with van der Waals surface area (Å²) in [6.45, 7) is 0. The minimum atomic E-state index is -1.36. The lowest BCUT2D eigenvalue weighted by atomic mass is 10.3. The van der Waals surface area contributed by atoms with Crippen LogP contribution in [0, 0.1) is 0 Å². The van der Waals surface area contributed by atoms with E-state index in [4.69, 9.17) is 10.2 Å². The van der Waals surface area contributed by atoms with Crippen LogP contribution in [0.5, 0.6) is 0 Å². The molecule has 0 radical (unpaired) electrons. The fraction of sp³-hybridized carbons (Fsp3) is 0.100. The van der Waals surface area contributed by atoms with E-state index in [0.29, 0.717) is 5.69 Å². The van der Waals surface area contributed by atoms with Crippen LogP contribution >= 0.6 is 0 Å². The molecule has 1 aromatic rings. The normalized spacial score (nSPS) is 10.9. The van der Waals surface area contributed by atoms with E-state index in [9.17, 15) is 9.59 Å². The van der Waals surface area contributed by atoms with E-state index in [0.717, 1.165) is 0 Å². The molecule has 0 aliphatic carbocycles. The zero-order valence-electron chi connectivity index (χ0n) is 8.25. The van der Waals surface area contributed by atoms with Crippen molar-refractivity contribution >= 4 is 23.3 Å². The smallest absolute Gasteiger partial charge is 0.352 e. The number of para-hydroxylation sites is 1. The Labute approximate surface area is 91.2 Å². The molecule has 1 aromatic carbocycles. The van der Waals surface area contributed by atoms with E-state index in [1.165, 1.54) is 0 Å². The van der Waals surface area contributed by atoms with Gasteiger partial charge in [-0.3, -0.25) is 10.2 Å². The molecule has 6 heteroatoms. The van der Waals surface area contributed by atoms with Crippen molar-refractivity contribution in [2.75, 3.05) is 5.43 Å². The largest absolute Gasteiger partial charge is 0.481 e. The molecular weight excluding hydrogens is 212 g/mol. The monoisotopic (exact) mass is 222 g/mol. The summed E-state index contributed by atoms with van der Waals surface area (Å²) >= 11 is 0. The number of hydrazone groups is 1. The molecule has 0 aliphatic rings. The molecule has 3 N–H and O–H groups in total. The predicted molar refractivity (Wildman–Crippen MR) is 57.4 cm³/mol. The van der Waals surface area contributed by atoms with Crippen LogP contribution < -0.4 is 5.43 Å². The van der Waals surface area contributed by atoms with Crippen LogP contribution in [0.1, 0.15) is 6.42 Å². The van der Waals surface area contributed by atoms with Gasteiger partial charge in [0.15, 0.2) is 5.71 Å². The Morgan fingerprint density at radius 1 is 1.19 bits per heavy atom. The summed E-state index contributed by atoms with van der Waals surface area (Å²) in [4.78, 5) is 21.0. The maximum atomic E-state index is 10.6. The van der Waals surface area contributed by atoms with Gasteiger partial charge >= 0.3 is 11.9 Å². The zero-order chi connectivity index (χ0) is 12.0. The number of benzene rings is 1. The number of aliphatic carboxylic acids is 2. The maximum absolute atomic E-state index is 10.6. The minimum Gasteiger partial charge on any atom is -0.481 e. The number of hydrogen-bond donors (Lipinski definition) is 3. The maximum Gasteiger partial charge on any atom is 0.352 e. The molecule has 0 spiro atoms. The summed E-state index contributed by atoms with van der Waals surface area (Å²) in [5.41, 5.74) is 2.62. The van der Waals surface area contributed by atoms with E-state index in [-0.39, 0.29) is 0 Å². The lowest BCUT2D eigenvalue weighted by Gasteiger charge is -2.01.